The predicted molar refractivity (Wildman–Crippen MR) is 113 cm³/mol. The molecule has 1 aliphatic carbocycles. The Hall–Kier alpha value is -2.60. The van der Waals surface area contributed by atoms with Crippen LogP contribution in [0.15, 0.2) is 53.6 Å². The van der Waals surface area contributed by atoms with E-state index in [-0.39, 0.29) is 23.6 Å². The lowest BCUT2D eigenvalue weighted by Crippen LogP contribution is -2.42. The number of carbonyl (C=O) groups is 1. The lowest BCUT2D eigenvalue weighted by Gasteiger charge is -2.32. The number of hydrogen-bond acceptors (Lipinski definition) is 3. The Kier molecular flexibility index (Phi) is 6.23. The molecular weight excluding hydrogens is 384 g/mol. The Bertz CT molecular complexity index is 905. The quantitative estimate of drug-likeness (QED) is 0.701. The van der Waals surface area contributed by atoms with Crippen molar-refractivity contribution in [2.45, 2.75) is 50.6 Å². The van der Waals surface area contributed by atoms with Crippen molar-refractivity contribution in [3.8, 4) is 0 Å². The smallest absolute Gasteiger partial charge is 0.257 e. The van der Waals surface area contributed by atoms with Gasteiger partial charge in [-0.15, -0.1) is 0 Å². The third-order valence-electron chi connectivity index (χ3n) is 6.18. The lowest BCUT2D eigenvalue weighted by molar-refractivity contribution is -0.134. The van der Waals surface area contributed by atoms with Crippen LogP contribution in [0.4, 0.5) is 8.78 Å². The highest BCUT2D eigenvalue weighted by Crippen LogP contribution is 2.33. The fourth-order valence-corrected chi connectivity index (χ4v) is 4.44. The molecule has 1 amide bonds. The van der Waals surface area contributed by atoms with Crippen molar-refractivity contribution in [2.75, 3.05) is 13.6 Å². The van der Waals surface area contributed by atoms with Gasteiger partial charge in [0.25, 0.3) is 5.91 Å². The molecule has 1 atom stereocenters. The Morgan fingerprint density at radius 1 is 1.00 bits per heavy atom. The molecule has 0 spiro atoms. The van der Waals surface area contributed by atoms with Gasteiger partial charge in [-0.2, -0.15) is 5.10 Å². The molecule has 0 N–H and O–H groups in total. The first-order valence-electron chi connectivity index (χ1n) is 10.6. The zero-order valence-electron chi connectivity index (χ0n) is 17.2. The summed E-state index contributed by atoms with van der Waals surface area (Å²) in [6.07, 6.45) is 6.43. The monoisotopic (exact) mass is 411 g/mol. The van der Waals surface area contributed by atoms with E-state index in [0.29, 0.717) is 19.0 Å². The van der Waals surface area contributed by atoms with Gasteiger partial charge in [-0.05, 0) is 55.3 Å². The molecule has 4 rings (SSSR count). The number of rotatable bonds is 5. The van der Waals surface area contributed by atoms with Crippen molar-refractivity contribution in [3.63, 3.8) is 0 Å². The Morgan fingerprint density at radius 2 is 1.60 bits per heavy atom. The van der Waals surface area contributed by atoms with Crippen LogP contribution in [0, 0.1) is 11.6 Å². The van der Waals surface area contributed by atoms with Gasteiger partial charge >= 0.3 is 0 Å². The van der Waals surface area contributed by atoms with Crippen molar-refractivity contribution in [1.82, 2.24) is 9.91 Å². The first kappa shape index (κ1) is 20.7. The number of nitrogens with zero attached hydrogens (tertiary/aromatic N) is 3. The molecule has 2 aliphatic rings. The van der Waals surface area contributed by atoms with Gasteiger partial charge in [0.1, 0.15) is 11.6 Å². The normalized spacial score (nSPS) is 19.9. The van der Waals surface area contributed by atoms with Crippen molar-refractivity contribution >= 4 is 11.6 Å². The summed E-state index contributed by atoms with van der Waals surface area (Å²) in [7, 11) is 2.00. The van der Waals surface area contributed by atoms with Crippen LogP contribution >= 0.6 is 0 Å². The minimum atomic E-state index is -0.314. The predicted octanol–water partition coefficient (Wildman–Crippen LogP) is 4.91. The van der Waals surface area contributed by atoms with Crippen molar-refractivity contribution < 1.29 is 13.6 Å². The van der Waals surface area contributed by atoms with Crippen molar-refractivity contribution in [1.29, 1.82) is 0 Å². The molecule has 2 aromatic carbocycles. The fourth-order valence-electron chi connectivity index (χ4n) is 4.44. The van der Waals surface area contributed by atoms with E-state index in [0.717, 1.165) is 29.7 Å². The Morgan fingerprint density at radius 3 is 2.23 bits per heavy atom. The van der Waals surface area contributed by atoms with Gasteiger partial charge in [-0.25, -0.2) is 13.8 Å². The second-order valence-corrected chi connectivity index (χ2v) is 8.27. The molecule has 0 bridgehead atoms. The van der Waals surface area contributed by atoms with Gasteiger partial charge < -0.3 is 0 Å². The van der Waals surface area contributed by atoms with Gasteiger partial charge in [-0.3, -0.25) is 9.69 Å². The van der Waals surface area contributed by atoms with E-state index in [4.69, 9.17) is 0 Å². The third-order valence-corrected chi connectivity index (χ3v) is 6.18. The second-order valence-electron chi connectivity index (χ2n) is 8.27. The number of hydrazone groups is 1. The Balaban J connectivity index is 1.56. The summed E-state index contributed by atoms with van der Waals surface area (Å²) < 4.78 is 26.8. The summed E-state index contributed by atoms with van der Waals surface area (Å²) in [5.74, 6) is -0.699. The van der Waals surface area contributed by atoms with Crippen LogP contribution in [0.3, 0.4) is 0 Å². The summed E-state index contributed by atoms with van der Waals surface area (Å²) in [5.41, 5.74) is 2.36. The molecule has 1 unspecified atom stereocenters. The van der Waals surface area contributed by atoms with Crippen LogP contribution in [0.1, 0.15) is 55.7 Å². The zero-order chi connectivity index (χ0) is 21.1. The van der Waals surface area contributed by atoms with E-state index < -0.39 is 0 Å². The number of hydrogen-bond donors (Lipinski definition) is 0. The Labute approximate surface area is 176 Å². The minimum Gasteiger partial charge on any atom is -0.295 e. The maximum absolute atomic E-state index is 13.4. The number of halogens is 2. The molecule has 6 heteroatoms. The second kappa shape index (κ2) is 9.04. The van der Waals surface area contributed by atoms with Crippen LogP contribution in [0.5, 0.6) is 0 Å². The summed E-state index contributed by atoms with van der Waals surface area (Å²) in [4.78, 5) is 15.4. The molecule has 1 heterocycles. The van der Waals surface area contributed by atoms with E-state index in [1.54, 1.807) is 24.3 Å². The molecule has 1 fully saturated rings. The molecule has 2 aromatic rings. The van der Waals surface area contributed by atoms with Crippen molar-refractivity contribution in [2.24, 2.45) is 5.10 Å². The summed E-state index contributed by atoms with van der Waals surface area (Å²) in [6, 6.07) is 12.5. The number of carbonyl (C=O) groups excluding carboxylic acids is 1. The molecule has 1 saturated carbocycles. The van der Waals surface area contributed by atoms with E-state index in [1.807, 2.05) is 7.05 Å². The topological polar surface area (TPSA) is 35.9 Å². The number of benzene rings is 2. The van der Waals surface area contributed by atoms with Gasteiger partial charge in [0.05, 0.1) is 18.3 Å². The first-order valence-corrected chi connectivity index (χ1v) is 10.6. The molecule has 0 saturated heterocycles. The van der Waals surface area contributed by atoms with Crippen LogP contribution in [0.25, 0.3) is 0 Å². The minimum absolute atomic E-state index is 0.0745. The summed E-state index contributed by atoms with van der Waals surface area (Å²) in [5, 5.41) is 6.16. The molecule has 30 heavy (non-hydrogen) atoms. The lowest BCUT2D eigenvalue weighted by atomic mass is 9.94. The van der Waals surface area contributed by atoms with Gasteiger partial charge in [0, 0.05) is 12.5 Å². The summed E-state index contributed by atoms with van der Waals surface area (Å²) >= 11 is 0. The van der Waals surface area contributed by atoms with Gasteiger partial charge in [0.15, 0.2) is 0 Å². The maximum atomic E-state index is 13.4. The highest BCUT2D eigenvalue weighted by atomic mass is 19.1. The fraction of sp³-hybridized carbons (Fsp3) is 0.417. The molecule has 4 nitrogen and oxygen atoms in total. The number of amides is 1. The van der Waals surface area contributed by atoms with E-state index in [9.17, 15) is 13.6 Å². The molecule has 0 radical (unpaired) electrons. The van der Waals surface area contributed by atoms with Crippen LogP contribution in [-0.2, 0) is 4.79 Å². The van der Waals surface area contributed by atoms with Crippen LogP contribution in [-0.4, -0.2) is 41.2 Å². The van der Waals surface area contributed by atoms with Crippen LogP contribution < -0.4 is 0 Å². The van der Waals surface area contributed by atoms with E-state index >= 15 is 0 Å². The third kappa shape index (κ3) is 4.59. The highest BCUT2D eigenvalue weighted by molar-refractivity contribution is 6.03. The number of likely N-dealkylation sites (N-methyl/N-ethyl adjacent to an activating group) is 1. The average molecular weight is 411 g/mol. The highest BCUT2D eigenvalue weighted by Gasteiger charge is 2.34. The largest absolute Gasteiger partial charge is 0.295 e. The van der Waals surface area contributed by atoms with E-state index in [2.05, 4.69) is 10.0 Å². The van der Waals surface area contributed by atoms with Crippen molar-refractivity contribution in [3.05, 3.63) is 71.3 Å². The molecular formula is C24H27F2N3O. The standard InChI is InChI=1S/C24H27F2N3O/c1-28(21-5-3-2-4-6-21)16-24(30)29-23(18-9-13-20(26)14-10-18)15-22(27-29)17-7-11-19(25)12-8-17/h7-14,21,23H,2-6,15-16H2,1H3. The van der Waals surface area contributed by atoms with E-state index in [1.165, 1.54) is 48.5 Å². The first-order chi connectivity index (χ1) is 14.5. The zero-order valence-corrected chi connectivity index (χ0v) is 17.2. The van der Waals surface area contributed by atoms with Gasteiger partial charge in [0.2, 0.25) is 0 Å². The SMILES string of the molecule is CN(CC(=O)N1N=C(c2ccc(F)cc2)CC1c1ccc(F)cc1)C1CCCCC1. The molecule has 158 valence electrons. The summed E-state index contributed by atoms with van der Waals surface area (Å²) in [6.45, 7) is 0.294. The molecule has 1 aliphatic heterocycles. The maximum Gasteiger partial charge on any atom is 0.257 e. The van der Waals surface area contributed by atoms with Crippen LogP contribution in [0.2, 0.25) is 0 Å². The molecule has 0 aromatic heterocycles. The van der Waals surface area contributed by atoms with Gasteiger partial charge in [-0.1, -0.05) is 43.5 Å². The average Bonchev–Trinajstić information content (AvgIpc) is 3.21.